The molecule has 1 rings (SSSR count). The van der Waals surface area contributed by atoms with Gasteiger partial charge >= 0.3 is 5.97 Å². The minimum absolute atomic E-state index is 0.0949. The standard InChI is InChI=1S/C6H8Cl2O2/c1-2-4-3-6(7,8)5(9)10-4/h4H,2-3H2,1H3. The van der Waals surface area contributed by atoms with Gasteiger partial charge in [-0.05, 0) is 6.42 Å². The number of hydrogen-bond donors (Lipinski definition) is 0. The maximum atomic E-state index is 10.8. The van der Waals surface area contributed by atoms with Crippen molar-refractivity contribution in [1.29, 1.82) is 0 Å². The molecule has 1 saturated heterocycles. The number of halogens is 2. The van der Waals surface area contributed by atoms with Gasteiger partial charge in [-0.1, -0.05) is 30.1 Å². The van der Waals surface area contributed by atoms with Crippen LogP contribution in [0.15, 0.2) is 0 Å². The maximum Gasteiger partial charge on any atom is 0.343 e. The number of alkyl halides is 2. The van der Waals surface area contributed by atoms with Gasteiger partial charge in [0.2, 0.25) is 4.33 Å². The van der Waals surface area contributed by atoms with Gasteiger partial charge < -0.3 is 4.74 Å². The van der Waals surface area contributed by atoms with Crippen molar-refractivity contribution in [2.45, 2.75) is 30.2 Å². The van der Waals surface area contributed by atoms with E-state index in [0.29, 0.717) is 6.42 Å². The molecule has 10 heavy (non-hydrogen) atoms. The number of carbonyl (C=O) groups excluding carboxylic acids is 1. The maximum absolute atomic E-state index is 10.8. The summed E-state index contributed by atoms with van der Waals surface area (Å²) in [5.74, 6) is -0.511. The van der Waals surface area contributed by atoms with Crippen LogP contribution in [-0.2, 0) is 9.53 Å². The van der Waals surface area contributed by atoms with Gasteiger partial charge in [-0.2, -0.15) is 0 Å². The fourth-order valence-corrected chi connectivity index (χ4v) is 1.31. The number of rotatable bonds is 1. The van der Waals surface area contributed by atoms with E-state index in [4.69, 9.17) is 27.9 Å². The fraction of sp³-hybridized carbons (Fsp3) is 0.833. The first kappa shape index (κ1) is 8.15. The summed E-state index contributed by atoms with van der Waals surface area (Å²) in [4.78, 5) is 10.8. The van der Waals surface area contributed by atoms with Crippen molar-refractivity contribution >= 4 is 29.2 Å². The summed E-state index contributed by atoms with van der Waals surface area (Å²) in [6.45, 7) is 1.92. The van der Waals surface area contributed by atoms with E-state index in [9.17, 15) is 4.79 Å². The Bertz CT molecular complexity index is 156. The van der Waals surface area contributed by atoms with E-state index in [-0.39, 0.29) is 6.10 Å². The zero-order valence-corrected chi connectivity index (χ0v) is 7.08. The van der Waals surface area contributed by atoms with E-state index in [0.717, 1.165) is 6.42 Å². The summed E-state index contributed by atoms with van der Waals surface area (Å²) in [6.07, 6.45) is 1.08. The number of cyclic esters (lactones) is 1. The van der Waals surface area contributed by atoms with E-state index in [1.54, 1.807) is 0 Å². The van der Waals surface area contributed by atoms with Gasteiger partial charge in [0.05, 0.1) is 0 Å². The third-order valence-corrected chi connectivity index (χ3v) is 2.13. The third kappa shape index (κ3) is 1.38. The average Bonchev–Trinajstić information content (AvgIpc) is 2.08. The molecule has 1 aliphatic rings. The van der Waals surface area contributed by atoms with Gasteiger partial charge in [0.1, 0.15) is 6.10 Å². The average molecular weight is 183 g/mol. The Morgan fingerprint density at radius 1 is 1.80 bits per heavy atom. The zero-order chi connectivity index (χ0) is 7.78. The van der Waals surface area contributed by atoms with E-state index < -0.39 is 10.3 Å². The van der Waals surface area contributed by atoms with Gasteiger partial charge in [-0.25, -0.2) is 4.79 Å². The molecule has 1 atom stereocenters. The Balaban J connectivity index is 2.62. The molecule has 1 unspecified atom stereocenters. The molecule has 0 aliphatic carbocycles. The Hall–Kier alpha value is 0.0500. The summed E-state index contributed by atoms with van der Waals surface area (Å²) in [5, 5.41) is 0. The molecule has 1 fully saturated rings. The molecule has 0 radical (unpaired) electrons. The van der Waals surface area contributed by atoms with Gasteiger partial charge in [0, 0.05) is 6.42 Å². The lowest BCUT2D eigenvalue weighted by atomic mass is 10.2. The largest absolute Gasteiger partial charge is 0.460 e. The smallest absolute Gasteiger partial charge is 0.343 e. The lowest BCUT2D eigenvalue weighted by molar-refractivity contribution is -0.141. The van der Waals surface area contributed by atoms with E-state index >= 15 is 0 Å². The second kappa shape index (κ2) is 2.59. The molecule has 2 nitrogen and oxygen atoms in total. The molecule has 0 amide bonds. The second-order valence-electron chi connectivity index (χ2n) is 2.34. The lowest BCUT2D eigenvalue weighted by Gasteiger charge is -2.03. The predicted octanol–water partition coefficient (Wildman–Crippen LogP) is 1.89. The fourth-order valence-electron chi connectivity index (χ4n) is 0.876. The van der Waals surface area contributed by atoms with Crippen molar-refractivity contribution in [3.05, 3.63) is 0 Å². The first-order chi connectivity index (χ1) is 4.56. The highest BCUT2D eigenvalue weighted by Crippen LogP contribution is 2.36. The van der Waals surface area contributed by atoms with Crippen LogP contribution in [0.1, 0.15) is 19.8 Å². The van der Waals surface area contributed by atoms with Crippen LogP contribution in [-0.4, -0.2) is 16.4 Å². The Kier molecular flexibility index (Phi) is 2.11. The molecule has 0 aromatic heterocycles. The van der Waals surface area contributed by atoms with Crippen LogP contribution >= 0.6 is 23.2 Å². The summed E-state index contributed by atoms with van der Waals surface area (Å²) in [6, 6.07) is 0. The quantitative estimate of drug-likeness (QED) is 0.458. The Morgan fingerprint density at radius 3 is 2.60 bits per heavy atom. The molecule has 0 N–H and O–H groups in total. The van der Waals surface area contributed by atoms with Crippen molar-refractivity contribution < 1.29 is 9.53 Å². The van der Waals surface area contributed by atoms with Gasteiger partial charge in [-0.3, -0.25) is 0 Å². The number of ether oxygens (including phenoxy) is 1. The highest BCUT2D eigenvalue weighted by atomic mass is 35.5. The monoisotopic (exact) mass is 182 g/mol. The van der Waals surface area contributed by atoms with Crippen molar-refractivity contribution in [3.8, 4) is 0 Å². The number of carbonyl (C=O) groups is 1. The minimum atomic E-state index is -1.29. The summed E-state index contributed by atoms with van der Waals surface area (Å²) in [5.41, 5.74) is 0. The summed E-state index contributed by atoms with van der Waals surface area (Å²) >= 11 is 11.2. The third-order valence-electron chi connectivity index (χ3n) is 1.51. The van der Waals surface area contributed by atoms with Crippen LogP contribution in [0.5, 0.6) is 0 Å². The Morgan fingerprint density at radius 2 is 2.40 bits per heavy atom. The van der Waals surface area contributed by atoms with Gasteiger partial charge in [0.15, 0.2) is 0 Å². The molecule has 0 spiro atoms. The molecule has 58 valence electrons. The van der Waals surface area contributed by atoms with Crippen LogP contribution in [0, 0.1) is 0 Å². The van der Waals surface area contributed by atoms with Crippen LogP contribution in [0.2, 0.25) is 0 Å². The van der Waals surface area contributed by atoms with E-state index in [2.05, 4.69) is 0 Å². The molecular weight excluding hydrogens is 175 g/mol. The normalized spacial score (nSPS) is 30.3. The zero-order valence-electron chi connectivity index (χ0n) is 5.56. The first-order valence-corrected chi connectivity index (χ1v) is 3.91. The topological polar surface area (TPSA) is 26.3 Å². The SMILES string of the molecule is CCC1CC(Cl)(Cl)C(=O)O1. The molecule has 0 aromatic carbocycles. The molecule has 4 heteroatoms. The van der Waals surface area contributed by atoms with Crippen molar-refractivity contribution in [2.24, 2.45) is 0 Å². The second-order valence-corrected chi connectivity index (χ2v) is 3.83. The van der Waals surface area contributed by atoms with Gasteiger partial charge in [-0.15, -0.1) is 0 Å². The lowest BCUT2D eigenvalue weighted by Crippen LogP contribution is -2.18. The number of hydrogen-bond acceptors (Lipinski definition) is 2. The summed E-state index contributed by atoms with van der Waals surface area (Å²) < 4.78 is 3.53. The summed E-state index contributed by atoms with van der Waals surface area (Å²) in [7, 11) is 0. The van der Waals surface area contributed by atoms with E-state index in [1.807, 2.05) is 6.92 Å². The molecule has 1 aliphatic heterocycles. The molecule has 1 heterocycles. The minimum Gasteiger partial charge on any atom is -0.460 e. The van der Waals surface area contributed by atoms with Crippen LogP contribution < -0.4 is 0 Å². The highest BCUT2D eigenvalue weighted by Gasteiger charge is 2.45. The first-order valence-electron chi connectivity index (χ1n) is 3.15. The molecule has 0 saturated carbocycles. The molecule has 0 aromatic rings. The van der Waals surface area contributed by atoms with E-state index in [1.165, 1.54) is 0 Å². The van der Waals surface area contributed by atoms with Crippen molar-refractivity contribution in [1.82, 2.24) is 0 Å². The van der Waals surface area contributed by atoms with Crippen LogP contribution in [0.25, 0.3) is 0 Å². The van der Waals surface area contributed by atoms with Crippen LogP contribution in [0.3, 0.4) is 0 Å². The highest BCUT2D eigenvalue weighted by molar-refractivity contribution is 6.57. The van der Waals surface area contributed by atoms with Crippen molar-refractivity contribution in [3.63, 3.8) is 0 Å². The Labute approximate surface area is 69.4 Å². The molecular formula is C6H8Cl2O2. The van der Waals surface area contributed by atoms with Gasteiger partial charge in [0.25, 0.3) is 0 Å². The van der Waals surface area contributed by atoms with Crippen LogP contribution in [0.4, 0.5) is 0 Å². The predicted molar refractivity (Wildman–Crippen MR) is 39.2 cm³/mol. The number of esters is 1. The van der Waals surface area contributed by atoms with Crippen molar-refractivity contribution in [2.75, 3.05) is 0 Å². The molecule has 0 bridgehead atoms.